The zero-order chi connectivity index (χ0) is 8.55. The highest BCUT2D eigenvalue weighted by Gasteiger charge is 2.01. The quantitative estimate of drug-likeness (QED) is 0.616. The Kier molecular flexibility index (Phi) is 1.36. The molecule has 12 heavy (non-hydrogen) atoms. The van der Waals surface area contributed by atoms with Crippen molar-refractivity contribution in [3.05, 3.63) is 34.6 Å². The summed E-state index contributed by atoms with van der Waals surface area (Å²) in [7, 11) is 0. The molecule has 2 aromatic heterocycles. The van der Waals surface area contributed by atoms with Gasteiger partial charge in [0, 0.05) is 6.20 Å². The highest BCUT2D eigenvalue weighted by molar-refractivity contribution is 5.68. The maximum atomic E-state index is 12.6. The number of aromatic nitrogens is 3. The van der Waals surface area contributed by atoms with Crippen LogP contribution in [0.15, 0.2) is 23.1 Å². The van der Waals surface area contributed by atoms with Crippen LogP contribution in [0.5, 0.6) is 0 Å². The second-order valence-electron chi connectivity index (χ2n) is 2.23. The predicted molar refractivity (Wildman–Crippen MR) is 40.1 cm³/mol. The number of rotatable bonds is 0. The summed E-state index contributed by atoms with van der Waals surface area (Å²) in [5, 5.41) is 0. The van der Waals surface area contributed by atoms with E-state index in [1.807, 2.05) is 0 Å². The number of nitrogens with zero attached hydrogens (tertiary/aromatic N) is 2. The van der Waals surface area contributed by atoms with Gasteiger partial charge in [-0.2, -0.15) is 4.39 Å². The van der Waals surface area contributed by atoms with Crippen molar-refractivity contribution >= 4 is 11.2 Å². The molecule has 0 aromatic carbocycles. The Morgan fingerprint density at radius 2 is 2.33 bits per heavy atom. The molecular weight excluding hydrogens is 161 g/mol. The first-order valence-corrected chi connectivity index (χ1v) is 3.28. The number of H-pyrrole nitrogens is 1. The van der Waals surface area contributed by atoms with Crippen LogP contribution in [0, 0.1) is 5.95 Å². The molecule has 2 rings (SSSR count). The van der Waals surface area contributed by atoms with Crippen LogP contribution >= 0.6 is 0 Å². The Labute approximate surface area is 66.1 Å². The molecule has 0 saturated heterocycles. The summed E-state index contributed by atoms with van der Waals surface area (Å²) in [6.07, 6.45) is 1.50. The fourth-order valence-electron chi connectivity index (χ4n) is 0.899. The zero-order valence-corrected chi connectivity index (χ0v) is 5.91. The van der Waals surface area contributed by atoms with E-state index in [0.717, 1.165) is 0 Å². The van der Waals surface area contributed by atoms with E-state index in [0.29, 0.717) is 11.2 Å². The second kappa shape index (κ2) is 2.37. The van der Waals surface area contributed by atoms with Crippen molar-refractivity contribution in [3.63, 3.8) is 0 Å². The van der Waals surface area contributed by atoms with E-state index in [1.54, 1.807) is 12.1 Å². The van der Waals surface area contributed by atoms with Crippen LogP contribution in [0.25, 0.3) is 11.2 Å². The van der Waals surface area contributed by atoms with Gasteiger partial charge in [0.25, 0.3) is 5.95 Å². The number of aromatic amines is 1. The third-order valence-corrected chi connectivity index (χ3v) is 1.42. The third-order valence-electron chi connectivity index (χ3n) is 1.42. The van der Waals surface area contributed by atoms with E-state index < -0.39 is 11.5 Å². The van der Waals surface area contributed by atoms with Crippen molar-refractivity contribution < 1.29 is 4.39 Å². The molecule has 0 amide bonds. The monoisotopic (exact) mass is 165 g/mol. The number of pyridine rings is 1. The first-order chi connectivity index (χ1) is 5.77. The lowest BCUT2D eigenvalue weighted by Gasteiger charge is -1.93. The van der Waals surface area contributed by atoms with E-state index >= 15 is 0 Å². The summed E-state index contributed by atoms with van der Waals surface area (Å²) in [6.45, 7) is 0. The fraction of sp³-hybridized carbons (Fsp3) is 0. The summed E-state index contributed by atoms with van der Waals surface area (Å²) in [5.41, 5.74) is -0.209. The van der Waals surface area contributed by atoms with Gasteiger partial charge in [-0.25, -0.2) is 9.97 Å². The highest BCUT2D eigenvalue weighted by Crippen LogP contribution is 2.00. The van der Waals surface area contributed by atoms with Gasteiger partial charge in [-0.15, -0.1) is 0 Å². The van der Waals surface area contributed by atoms with Gasteiger partial charge in [0.2, 0.25) is 0 Å². The minimum atomic E-state index is -1.03. The standard InChI is InChI=1S/C7H4FN3O/c8-5-7(12)11-6-4(10-5)2-1-3-9-6/h1-3H,(H,9,11,12). The Bertz CT molecular complexity index is 479. The second-order valence-corrected chi connectivity index (χ2v) is 2.23. The lowest BCUT2D eigenvalue weighted by atomic mass is 10.4. The summed E-state index contributed by atoms with van der Waals surface area (Å²) in [6, 6.07) is 3.19. The number of halogens is 1. The molecule has 60 valence electrons. The minimum Gasteiger partial charge on any atom is -0.301 e. The summed E-state index contributed by atoms with van der Waals surface area (Å²) < 4.78 is 12.6. The first-order valence-electron chi connectivity index (χ1n) is 3.28. The zero-order valence-electron chi connectivity index (χ0n) is 5.91. The van der Waals surface area contributed by atoms with Crippen LogP contribution < -0.4 is 5.56 Å². The topological polar surface area (TPSA) is 58.6 Å². The Hall–Kier alpha value is -1.78. The molecule has 2 heterocycles. The number of hydrogen-bond donors (Lipinski definition) is 1. The summed E-state index contributed by atoms with van der Waals surface area (Å²) in [4.78, 5) is 20.2. The molecule has 0 aliphatic heterocycles. The molecule has 2 aromatic rings. The molecule has 0 bridgehead atoms. The first kappa shape index (κ1) is 6.90. The van der Waals surface area contributed by atoms with Gasteiger partial charge in [0.15, 0.2) is 5.65 Å². The molecule has 0 unspecified atom stereocenters. The smallest absolute Gasteiger partial charge is 0.301 e. The van der Waals surface area contributed by atoms with Crippen molar-refractivity contribution in [3.8, 4) is 0 Å². The highest BCUT2D eigenvalue weighted by atomic mass is 19.1. The van der Waals surface area contributed by atoms with Crippen LogP contribution in [-0.4, -0.2) is 15.0 Å². The molecule has 0 radical (unpaired) electrons. The van der Waals surface area contributed by atoms with Crippen LogP contribution in [0.1, 0.15) is 0 Å². The van der Waals surface area contributed by atoms with Gasteiger partial charge in [-0.05, 0) is 12.1 Å². The van der Waals surface area contributed by atoms with Gasteiger partial charge < -0.3 is 4.98 Å². The predicted octanol–water partition coefficient (Wildman–Crippen LogP) is 0.457. The van der Waals surface area contributed by atoms with Gasteiger partial charge >= 0.3 is 5.56 Å². The van der Waals surface area contributed by atoms with E-state index in [1.165, 1.54) is 6.20 Å². The van der Waals surface area contributed by atoms with Crippen LogP contribution in [0.3, 0.4) is 0 Å². The summed E-state index contributed by atoms with van der Waals surface area (Å²) in [5.74, 6) is -1.03. The minimum absolute atomic E-state index is 0.295. The number of fused-ring (bicyclic) bond motifs is 1. The summed E-state index contributed by atoms with van der Waals surface area (Å²) >= 11 is 0. The maximum absolute atomic E-state index is 12.6. The maximum Gasteiger partial charge on any atom is 0.305 e. The third kappa shape index (κ3) is 0.952. The van der Waals surface area contributed by atoms with Crippen molar-refractivity contribution in [1.82, 2.24) is 15.0 Å². The van der Waals surface area contributed by atoms with Gasteiger partial charge in [0.1, 0.15) is 5.52 Å². The van der Waals surface area contributed by atoms with E-state index in [-0.39, 0.29) is 0 Å². The van der Waals surface area contributed by atoms with Crippen molar-refractivity contribution in [1.29, 1.82) is 0 Å². The number of hydrogen-bond acceptors (Lipinski definition) is 3. The fourth-order valence-corrected chi connectivity index (χ4v) is 0.899. The SMILES string of the molecule is O=c1[nH]c2ncccc2nc1F. The molecule has 0 saturated carbocycles. The average molecular weight is 165 g/mol. The average Bonchev–Trinajstić information content (AvgIpc) is 2.07. The van der Waals surface area contributed by atoms with Crippen LogP contribution in [-0.2, 0) is 0 Å². The number of nitrogens with one attached hydrogen (secondary N) is 1. The van der Waals surface area contributed by atoms with Gasteiger partial charge in [-0.3, -0.25) is 4.79 Å². The van der Waals surface area contributed by atoms with Crippen LogP contribution in [0.4, 0.5) is 4.39 Å². The molecule has 0 fully saturated rings. The molecule has 0 atom stereocenters. The molecule has 0 aliphatic carbocycles. The van der Waals surface area contributed by atoms with E-state index in [2.05, 4.69) is 15.0 Å². The molecule has 4 nitrogen and oxygen atoms in total. The van der Waals surface area contributed by atoms with Gasteiger partial charge in [0.05, 0.1) is 0 Å². The lowest BCUT2D eigenvalue weighted by molar-refractivity contribution is 0.570. The normalized spacial score (nSPS) is 10.4. The van der Waals surface area contributed by atoms with Gasteiger partial charge in [-0.1, -0.05) is 0 Å². The molecule has 0 aliphatic rings. The van der Waals surface area contributed by atoms with Crippen molar-refractivity contribution in [2.45, 2.75) is 0 Å². The largest absolute Gasteiger partial charge is 0.305 e. The molecular formula is C7H4FN3O. The van der Waals surface area contributed by atoms with Crippen molar-refractivity contribution in [2.75, 3.05) is 0 Å². The van der Waals surface area contributed by atoms with E-state index in [4.69, 9.17) is 0 Å². The molecule has 5 heteroatoms. The van der Waals surface area contributed by atoms with E-state index in [9.17, 15) is 9.18 Å². The molecule has 0 spiro atoms. The Morgan fingerprint density at radius 3 is 3.17 bits per heavy atom. The van der Waals surface area contributed by atoms with Crippen LogP contribution in [0.2, 0.25) is 0 Å². The molecule has 1 N–H and O–H groups in total. The van der Waals surface area contributed by atoms with Crippen molar-refractivity contribution in [2.24, 2.45) is 0 Å². The Balaban J connectivity index is 2.93. The Morgan fingerprint density at radius 1 is 1.50 bits per heavy atom. The lowest BCUT2D eigenvalue weighted by Crippen LogP contribution is -2.13.